The Hall–Kier alpha value is -1.49. The highest BCUT2D eigenvalue weighted by Crippen LogP contribution is 2.31. The number of aromatic amines is 1. The number of carbonyl (C=O) groups is 1. The van der Waals surface area contributed by atoms with Gasteiger partial charge in [-0.25, -0.2) is 9.78 Å². The van der Waals surface area contributed by atoms with E-state index in [4.69, 9.17) is 5.11 Å². The number of H-pyrrole nitrogens is 1. The van der Waals surface area contributed by atoms with Crippen molar-refractivity contribution >= 4 is 28.8 Å². The lowest BCUT2D eigenvalue weighted by atomic mass is 10.2. The molecule has 2 rings (SSSR count). The average molecular weight is 250 g/mol. The number of carboxylic acids is 1. The van der Waals surface area contributed by atoms with Crippen LogP contribution >= 0.6 is 11.8 Å². The normalized spacial score (nSPS) is 11.9. The van der Waals surface area contributed by atoms with Gasteiger partial charge in [-0.15, -0.1) is 0 Å². The number of imidazole rings is 1. The minimum atomic E-state index is -0.938. The molecule has 5 heteroatoms. The Morgan fingerprint density at radius 1 is 1.41 bits per heavy atom. The van der Waals surface area contributed by atoms with Crippen LogP contribution in [-0.4, -0.2) is 25.8 Å². The third-order valence-electron chi connectivity index (χ3n) is 2.13. The SMILES string of the molecule is CC(C)(C)Sc1nc2cccc(C(=O)O)c2[nH]1. The molecule has 1 aromatic carbocycles. The molecule has 0 bridgehead atoms. The summed E-state index contributed by atoms with van der Waals surface area (Å²) in [6.07, 6.45) is 0. The van der Waals surface area contributed by atoms with Gasteiger partial charge >= 0.3 is 5.97 Å². The van der Waals surface area contributed by atoms with Gasteiger partial charge in [-0.1, -0.05) is 38.6 Å². The van der Waals surface area contributed by atoms with Crippen molar-refractivity contribution in [1.29, 1.82) is 0 Å². The Bertz CT molecular complexity index is 569. The van der Waals surface area contributed by atoms with Crippen molar-refractivity contribution in [3.8, 4) is 0 Å². The lowest BCUT2D eigenvalue weighted by Gasteiger charge is -2.14. The summed E-state index contributed by atoms with van der Waals surface area (Å²) in [6.45, 7) is 6.26. The fraction of sp³-hybridized carbons (Fsp3) is 0.333. The molecular formula is C12H14N2O2S. The zero-order valence-corrected chi connectivity index (χ0v) is 10.8. The number of benzene rings is 1. The molecule has 17 heavy (non-hydrogen) atoms. The van der Waals surface area contributed by atoms with E-state index in [0.717, 1.165) is 5.16 Å². The Kier molecular flexibility index (Phi) is 2.87. The molecule has 0 atom stereocenters. The predicted molar refractivity (Wildman–Crippen MR) is 68.7 cm³/mol. The van der Waals surface area contributed by atoms with Gasteiger partial charge < -0.3 is 10.1 Å². The van der Waals surface area contributed by atoms with Gasteiger partial charge in [-0.2, -0.15) is 0 Å². The number of aromatic nitrogens is 2. The van der Waals surface area contributed by atoms with Crippen LogP contribution < -0.4 is 0 Å². The van der Waals surface area contributed by atoms with Crippen molar-refractivity contribution in [2.45, 2.75) is 30.7 Å². The van der Waals surface area contributed by atoms with Gasteiger partial charge in [-0.05, 0) is 12.1 Å². The van der Waals surface area contributed by atoms with Crippen molar-refractivity contribution in [1.82, 2.24) is 9.97 Å². The van der Waals surface area contributed by atoms with Gasteiger partial charge in [-0.3, -0.25) is 0 Å². The van der Waals surface area contributed by atoms with E-state index >= 15 is 0 Å². The van der Waals surface area contributed by atoms with Crippen LogP contribution in [0, 0.1) is 0 Å². The smallest absolute Gasteiger partial charge is 0.337 e. The first-order valence-electron chi connectivity index (χ1n) is 5.28. The zero-order chi connectivity index (χ0) is 12.6. The van der Waals surface area contributed by atoms with Crippen molar-refractivity contribution in [2.24, 2.45) is 0 Å². The summed E-state index contributed by atoms with van der Waals surface area (Å²) in [5, 5.41) is 9.82. The molecule has 1 aromatic heterocycles. The highest BCUT2D eigenvalue weighted by molar-refractivity contribution is 8.00. The lowest BCUT2D eigenvalue weighted by molar-refractivity contribution is 0.0699. The minimum absolute atomic E-state index is 0.0390. The van der Waals surface area contributed by atoms with Crippen molar-refractivity contribution in [3.63, 3.8) is 0 Å². The largest absolute Gasteiger partial charge is 0.478 e. The van der Waals surface area contributed by atoms with E-state index in [0.29, 0.717) is 11.0 Å². The van der Waals surface area contributed by atoms with Crippen LogP contribution in [0.25, 0.3) is 11.0 Å². The van der Waals surface area contributed by atoms with Gasteiger partial charge in [0.25, 0.3) is 0 Å². The molecule has 0 aliphatic rings. The molecule has 4 nitrogen and oxygen atoms in total. The highest BCUT2D eigenvalue weighted by atomic mass is 32.2. The maximum Gasteiger partial charge on any atom is 0.337 e. The first-order valence-corrected chi connectivity index (χ1v) is 6.09. The molecule has 0 unspecified atom stereocenters. The maximum atomic E-state index is 11.1. The maximum absolute atomic E-state index is 11.1. The fourth-order valence-electron chi connectivity index (χ4n) is 1.53. The Labute approximate surface area is 103 Å². The van der Waals surface area contributed by atoms with Crippen LogP contribution in [0.1, 0.15) is 31.1 Å². The third-order valence-corrected chi connectivity index (χ3v) is 3.13. The first kappa shape index (κ1) is 12.0. The molecule has 0 radical (unpaired) electrons. The number of hydrogen-bond donors (Lipinski definition) is 2. The van der Waals surface area contributed by atoms with E-state index in [-0.39, 0.29) is 10.3 Å². The molecule has 2 N–H and O–H groups in total. The van der Waals surface area contributed by atoms with Crippen LogP contribution in [0.15, 0.2) is 23.4 Å². The van der Waals surface area contributed by atoms with Crippen LogP contribution in [0.2, 0.25) is 0 Å². The number of para-hydroxylation sites is 1. The summed E-state index contributed by atoms with van der Waals surface area (Å²) in [7, 11) is 0. The number of nitrogens with one attached hydrogen (secondary N) is 1. The van der Waals surface area contributed by atoms with E-state index < -0.39 is 5.97 Å². The number of hydrogen-bond acceptors (Lipinski definition) is 3. The molecule has 0 aliphatic heterocycles. The summed E-state index contributed by atoms with van der Waals surface area (Å²) >= 11 is 1.59. The molecule has 0 amide bonds. The molecule has 0 saturated carbocycles. The molecule has 0 saturated heterocycles. The number of rotatable bonds is 2. The zero-order valence-electron chi connectivity index (χ0n) is 9.94. The Morgan fingerprint density at radius 2 is 2.12 bits per heavy atom. The van der Waals surface area contributed by atoms with Gasteiger partial charge in [0.2, 0.25) is 0 Å². The third kappa shape index (κ3) is 2.61. The molecule has 0 aliphatic carbocycles. The van der Waals surface area contributed by atoms with Crippen molar-refractivity contribution < 1.29 is 9.90 Å². The van der Waals surface area contributed by atoms with E-state index in [1.165, 1.54) is 0 Å². The topological polar surface area (TPSA) is 66.0 Å². The standard InChI is InChI=1S/C12H14N2O2S/c1-12(2,3)17-11-13-8-6-4-5-7(10(15)16)9(8)14-11/h4-6H,1-3H3,(H,13,14)(H,15,16). The Morgan fingerprint density at radius 3 is 2.71 bits per heavy atom. The molecule has 1 heterocycles. The molecular weight excluding hydrogens is 236 g/mol. The van der Waals surface area contributed by atoms with Gasteiger partial charge in [0.1, 0.15) is 0 Å². The number of fused-ring (bicyclic) bond motifs is 1. The lowest BCUT2D eigenvalue weighted by Crippen LogP contribution is -2.07. The van der Waals surface area contributed by atoms with E-state index in [2.05, 4.69) is 30.7 Å². The summed E-state index contributed by atoms with van der Waals surface area (Å²) in [4.78, 5) is 18.5. The number of carboxylic acid groups (broad SMARTS) is 1. The molecule has 2 aromatic rings. The second kappa shape index (κ2) is 4.07. The van der Waals surface area contributed by atoms with Crippen LogP contribution in [0.3, 0.4) is 0 Å². The van der Waals surface area contributed by atoms with E-state index in [9.17, 15) is 4.79 Å². The van der Waals surface area contributed by atoms with Gasteiger partial charge in [0, 0.05) is 4.75 Å². The highest BCUT2D eigenvalue weighted by Gasteiger charge is 2.17. The van der Waals surface area contributed by atoms with Crippen molar-refractivity contribution in [3.05, 3.63) is 23.8 Å². The van der Waals surface area contributed by atoms with Gasteiger partial charge in [0.15, 0.2) is 5.16 Å². The predicted octanol–water partition coefficient (Wildman–Crippen LogP) is 3.15. The summed E-state index contributed by atoms with van der Waals surface area (Å²) < 4.78 is 0.0390. The van der Waals surface area contributed by atoms with E-state index in [1.54, 1.807) is 23.9 Å². The fourth-order valence-corrected chi connectivity index (χ4v) is 2.40. The molecule has 0 fully saturated rings. The molecule has 0 spiro atoms. The second-order valence-electron chi connectivity index (χ2n) is 4.76. The molecule has 90 valence electrons. The summed E-state index contributed by atoms with van der Waals surface area (Å²) in [5.41, 5.74) is 1.54. The monoisotopic (exact) mass is 250 g/mol. The summed E-state index contributed by atoms with van der Waals surface area (Å²) in [6, 6.07) is 5.09. The average Bonchev–Trinajstić information content (AvgIpc) is 2.55. The number of thioether (sulfide) groups is 1. The number of aromatic carboxylic acids is 1. The number of nitrogens with zero attached hydrogens (tertiary/aromatic N) is 1. The van der Waals surface area contributed by atoms with Crippen LogP contribution in [-0.2, 0) is 0 Å². The van der Waals surface area contributed by atoms with Crippen molar-refractivity contribution in [2.75, 3.05) is 0 Å². The quantitative estimate of drug-likeness (QED) is 0.803. The van der Waals surface area contributed by atoms with Crippen LogP contribution in [0.4, 0.5) is 0 Å². The van der Waals surface area contributed by atoms with E-state index in [1.807, 2.05) is 6.07 Å². The van der Waals surface area contributed by atoms with Gasteiger partial charge in [0.05, 0.1) is 16.6 Å². The van der Waals surface area contributed by atoms with Crippen LogP contribution in [0.5, 0.6) is 0 Å². The Balaban J connectivity index is 2.50. The minimum Gasteiger partial charge on any atom is -0.478 e. The second-order valence-corrected chi connectivity index (χ2v) is 6.58. The first-order chi connectivity index (χ1) is 7.87. The summed E-state index contributed by atoms with van der Waals surface area (Å²) in [5.74, 6) is -0.938.